The number of methoxy groups -OCH3 is 1. The molecule has 2 rings (SSSR count). The molecule has 0 spiro atoms. The Bertz CT molecular complexity index is 668. The quantitative estimate of drug-likeness (QED) is 0.846. The van der Waals surface area contributed by atoms with Gasteiger partial charge < -0.3 is 10.1 Å². The average molecular weight is 278 g/mol. The van der Waals surface area contributed by atoms with E-state index in [1.807, 2.05) is 0 Å². The lowest BCUT2D eigenvalue weighted by Crippen LogP contribution is -2.13. The zero-order chi connectivity index (χ0) is 14.7. The summed E-state index contributed by atoms with van der Waals surface area (Å²) in [5, 5.41) is 6.38. The Labute approximate surface area is 113 Å². The summed E-state index contributed by atoms with van der Waals surface area (Å²) in [6.07, 6.45) is 2.22. The number of carbonyl (C=O) groups is 2. The fourth-order valence-electron chi connectivity index (χ4n) is 1.55. The molecule has 0 unspecified atom stereocenters. The highest BCUT2D eigenvalue weighted by atomic mass is 19.1. The number of aryl methyl sites for hydroxylation is 1. The van der Waals surface area contributed by atoms with Crippen molar-refractivity contribution in [3.63, 3.8) is 0 Å². The van der Waals surface area contributed by atoms with Gasteiger partial charge in [0.05, 0.1) is 18.9 Å². The molecule has 0 aliphatic carbocycles. The summed E-state index contributed by atoms with van der Waals surface area (Å²) in [5.41, 5.74) is 0.232. The highest BCUT2D eigenvalue weighted by molar-refractivity contribution is 6.04. The van der Waals surface area contributed by atoms with E-state index in [1.54, 1.807) is 0 Å². The largest absolute Gasteiger partial charge is 0.464 e. The summed E-state index contributed by atoms with van der Waals surface area (Å²) in [6.45, 7) is 0. The van der Waals surface area contributed by atoms with E-state index >= 15 is 0 Å². The third-order valence-corrected chi connectivity index (χ3v) is 2.48. The Morgan fingerprint density at radius 1 is 1.35 bits per heavy atom. The molecule has 0 fully saturated rings. The summed E-state index contributed by atoms with van der Waals surface area (Å²) in [4.78, 5) is 26.8. The van der Waals surface area contributed by atoms with Gasteiger partial charge in [0, 0.05) is 19.3 Å². The monoisotopic (exact) mass is 278 g/mol. The van der Waals surface area contributed by atoms with Crippen LogP contribution in [-0.2, 0) is 11.8 Å². The van der Waals surface area contributed by atoms with Crippen LogP contribution in [0.5, 0.6) is 0 Å². The molecule has 8 heteroatoms. The third-order valence-electron chi connectivity index (χ3n) is 2.48. The predicted octanol–water partition coefficient (Wildman–Crippen LogP) is 0.993. The van der Waals surface area contributed by atoms with Crippen LogP contribution in [0, 0.1) is 5.82 Å². The van der Waals surface area contributed by atoms with Crippen LogP contribution in [0.4, 0.5) is 10.2 Å². The highest BCUT2D eigenvalue weighted by Crippen LogP contribution is 2.11. The molecule has 1 N–H and O–H groups in total. The van der Waals surface area contributed by atoms with Gasteiger partial charge in [0.1, 0.15) is 11.5 Å². The van der Waals surface area contributed by atoms with Crippen molar-refractivity contribution >= 4 is 17.7 Å². The molecule has 1 amide bonds. The number of esters is 1. The standard InChI is InChI=1S/C12H11FN4O3/c1-17-9(12(19)20-2)4-10(16-17)15-11(18)7-3-8(13)6-14-5-7/h3-6H,1-2H3,(H,15,16,18). The maximum Gasteiger partial charge on any atom is 0.356 e. The zero-order valence-electron chi connectivity index (χ0n) is 10.8. The number of ether oxygens (including phenoxy) is 1. The number of hydrogen-bond donors (Lipinski definition) is 1. The van der Waals surface area contributed by atoms with E-state index in [9.17, 15) is 14.0 Å². The number of halogens is 1. The Balaban J connectivity index is 2.18. The number of nitrogens with zero attached hydrogens (tertiary/aromatic N) is 3. The molecule has 0 aliphatic rings. The number of rotatable bonds is 3. The molecule has 2 aromatic rings. The molecular formula is C12H11FN4O3. The van der Waals surface area contributed by atoms with Crippen molar-refractivity contribution in [2.24, 2.45) is 7.05 Å². The van der Waals surface area contributed by atoms with Crippen molar-refractivity contribution in [1.29, 1.82) is 0 Å². The molecular weight excluding hydrogens is 267 g/mol. The van der Waals surface area contributed by atoms with E-state index in [0.717, 1.165) is 12.3 Å². The van der Waals surface area contributed by atoms with E-state index in [1.165, 1.54) is 31.1 Å². The van der Waals surface area contributed by atoms with Gasteiger partial charge in [-0.2, -0.15) is 5.10 Å². The SMILES string of the molecule is COC(=O)c1cc(NC(=O)c2cncc(F)c2)nn1C. The van der Waals surface area contributed by atoms with E-state index in [2.05, 4.69) is 20.1 Å². The number of pyridine rings is 1. The van der Waals surface area contributed by atoms with E-state index in [-0.39, 0.29) is 17.1 Å². The van der Waals surface area contributed by atoms with Gasteiger partial charge in [-0.25, -0.2) is 9.18 Å². The van der Waals surface area contributed by atoms with Crippen LogP contribution < -0.4 is 5.32 Å². The third kappa shape index (κ3) is 2.79. The molecule has 104 valence electrons. The first-order valence-electron chi connectivity index (χ1n) is 5.55. The second-order valence-electron chi connectivity index (χ2n) is 3.88. The highest BCUT2D eigenvalue weighted by Gasteiger charge is 2.15. The van der Waals surface area contributed by atoms with Crippen molar-refractivity contribution in [2.75, 3.05) is 12.4 Å². The van der Waals surface area contributed by atoms with Crippen LogP contribution in [0.25, 0.3) is 0 Å². The zero-order valence-corrected chi connectivity index (χ0v) is 10.8. The van der Waals surface area contributed by atoms with Crippen LogP contribution in [0.1, 0.15) is 20.8 Å². The molecule has 0 bridgehead atoms. The second kappa shape index (κ2) is 5.47. The van der Waals surface area contributed by atoms with Crippen molar-refractivity contribution < 1.29 is 18.7 Å². The van der Waals surface area contributed by atoms with E-state index < -0.39 is 17.7 Å². The van der Waals surface area contributed by atoms with Gasteiger partial charge >= 0.3 is 5.97 Å². The molecule has 0 saturated carbocycles. The molecule has 20 heavy (non-hydrogen) atoms. The fourth-order valence-corrected chi connectivity index (χ4v) is 1.55. The average Bonchev–Trinajstić information content (AvgIpc) is 2.78. The topological polar surface area (TPSA) is 86.1 Å². The van der Waals surface area contributed by atoms with Crippen molar-refractivity contribution in [1.82, 2.24) is 14.8 Å². The minimum atomic E-state index is -0.617. The lowest BCUT2D eigenvalue weighted by atomic mass is 10.2. The lowest BCUT2D eigenvalue weighted by molar-refractivity contribution is 0.0588. The van der Waals surface area contributed by atoms with Crippen LogP contribution >= 0.6 is 0 Å². The summed E-state index contributed by atoms with van der Waals surface area (Å²) in [7, 11) is 2.78. The first-order valence-corrected chi connectivity index (χ1v) is 5.55. The molecule has 2 aromatic heterocycles. The van der Waals surface area contributed by atoms with Crippen LogP contribution in [0.3, 0.4) is 0 Å². The lowest BCUT2D eigenvalue weighted by Gasteiger charge is -2.00. The second-order valence-corrected chi connectivity index (χ2v) is 3.88. The minimum absolute atomic E-state index is 0.0512. The van der Waals surface area contributed by atoms with E-state index in [0.29, 0.717) is 0 Å². The summed E-state index contributed by atoms with van der Waals surface area (Å²) in [6, 6.07) is 2.41. The predicted molar refractivity (Wildman–Crippen MR) is 66.7 cm³/mol. The molecule has 7 nitrogen and oxygen atoms in total. The van der Waals surface area contributed by atoms with Gasteiger partial charge in [-0.3, -0.25) is 14.5 Å². The first-order chi connectivity index (χ1) is 9.51. The molecule has 0 radical (unpaired) electrons. The number of anilines is 1. The number of amides is 1. The maximum atomic E-state index is 13.0. The molecule has 0 saturated heterocycles. The minimum Gasteiger partial charge on any atom is -0.464 e. The summed E-state index contributed by atoms with van der Waals surface area (Å²) < 4.78 is 18.8. The summed E-state index contributed by atoms with van der Waals surface area (Å²) >= 11 is 0. The fraction of sp³-hybridized carbons (Fsp3) is 0.167. The normalized spacial score (nSPS) is 10.2. The van der Waals surface area contributed by atoms with Crippen molar-refractivity contribution in [3.8, 4) is 0 Å². The smallest absolute Gasteiger partial charge is 0.356 e. The van der Waals surface area contributed by atoms with Gasteiger partial charge in [0.25, 0.3) is 5.91 Å². The van der Waals surface area contributed by atoms with Gasteiger partial charge in [0.15, 0.2) is 5.82 Å². The Hall–Kier alpha value is -2.77. The van der Waals surface area contributed by atoms with Crippen LogP contribution in [-0.4, -0.2) is 33.8 Å². The van der Waals surface area contributed by atoms with E-state index in [4.69, 9.17) is 0 Å². The van der Waals surface area contributed by atoms with Crippen LogP contribution in [0.2, 0.25) is 0 Å². The molecule has 0 atom stereocenters. The van der Waals surface area contributed by atoms with Crippen molar-refractivity contribution in [2.45, 2.75) is 0 Å². The van der Waals surface area contributed by atoms with Crippen LogP contribution in [0.15, 0.2) is 24.5 Å². The Morgan fingerprint density at radius 3 is 2.75 bits per heavy atom. The van der Waals surface area contributed by atoms with Gasteiger partial charge in [-0.05, 0) is 6.07 Å². The van der Waals surface area contributed by atoms with Crippen molar-refractivity contribution in [3.05, 3.63) is 41.6 Å². The number of aromatic nitrogens is 3. The van der Waals surface area contributed by atoms with Gasteiger partial charge in [0.2, 0.25) is 0 Å². The number of nitrogens with one attached hydrogen (secondary N) is 1. The molecule has 2 heterocycles. The summed E-state index contributed by atoms with van der Waals surface area (Å²) in [5.74, 6) is -1.62. The number of carbonyl (C=O) groups excluding carboxylic acids is 2. The molecule has 0 aliphatic heterocycles. The Kier molecular flexibility index (Phi) is 3.74. The molecule has 0 aromatic carbocycles. The van der Waals surface area contributed by atoms with Gasteiger partial charge in [-0.1, -0.05) is 0 Å². The number of hydrogen-bond acceptors (Lipinski definition) is 5. The van der Waals surface area contributed by atoms with Gasteiger partial charge in [-0.15, -0.1) is 0 Å². The maximum absolute atomic E-state index is 13.0. The first kappa shape index (κ1) is 13.7. The Morgan fingerprint density at radius 2 is 2.10 bits per heavy atom.